The number of ether oxygens (including phenoxy) is 1. The van der Waals surface area contributed by atoms with Crippen LogP contribution in [0.1, 0.15) is 43.9 Å². The van der Waals surface area contributed by atoms with E-state index in [0.29, 0.717) is 5.92 Å². The van der Waals surface area contributed by atoms with Gasteiger partial charge in [0.15, 0.2) is 0 Å². The van der Waals surface area contributed by atoms with Gasteiger partial charge >= 0.3 is 0 Å². The highest BCUT2D eigenvalue weighted by molar-refractivity contribution is 9.10. The fourth-order valence-electron chi connectivity index (χ4n) is 1.75. The van der Waals surface area contributed by atoms with Crippen LogP contribution in [0.2, 0.25) is 0 Å². The Morgan fingerprint density at radius 2 is 1.94 bits per heavy atom. The number of halogens is 1. The molecule has 1 aromatic carbocycles. The van der Waals surface area contributed by atoms with Crippen molar-refractivity contribution >= 4 is 15.9 Å². The van der Waals surface area contributed by atoms with Crippen molar-refractivity contribution in [2.24, 2.45) is 5.92 Å². The van der Waals surface area contributed by atoms with Gasteiger partial charge in [-0.25, -0.2) is 0 Å². The molecule has 1 unspecified atom stereocenters. The van der Waals surface area contributed by atoms with Gasteiger partial charge in [-0.05, 0) is 43.4 Å². The second-order valence-electron chi connectivity index (χ2n) is 4.83. The van der Waals surface area contributed by atoms with Crippen LogP contribution < -0.4 is 4.74 Å². The summed E-state index contributed by atoms with van der Waals surface area (Å²) in [5, 5.41) is 10.2. The van der Waals surface area contributed by atoms with E-state index in [0.717, 1.165) is 34.2 Å². The lowest BCUT2D eigenvalue weighted by atomic mass is 9.98. The molecular weight excluding hydrogens is 280 g/mol. The highest BCUT2D eigenvalue weighted by Crippen LogP contribution is 2.33. The van der Waals surface area contributed by atoms with E-state index in [1.165, 1.54) is 0 Å². The fourth-order valence-corrected chi connectivity index (χ4v) is 2.12. The Labute approximate surface area is 112 Å². The molecular formula is C14H21BrO2. The first-order valence-corrected chi connectivity index (χ1v) is 6.77. The average molecular weight is 301 g/mol. The molecule has 0 bridgehead atoms. The summed E-state index contributed by atoms with van der Waals surface area (Å²) in [6, 6.07) is 3.91. The van der Waals surface area contributed by atoms with Crippen molar-refractivity contribution in [3.05, 3.63) is 27.7 Å². The molecule has 1 atom stereocenters. The highest BCUT2D eigenvalue weighted by Gasteiger charge is 2.15. The SMILES string of the molecule is COc1cc(C)c(Br)cc1C(O)CCC(C)C. The zero-order valence-electron chi connectivity index (χ0n) is 11.0. The van der Waals surface area contributed by atoms with E-state index < -0.39 is 6.10 Å². The third kappa shape index (κ3) is 4.00. The zero-order chi connectivity index (χ0) is 13.0. The first-order valence-electron chi connectivity index (χ1n) is 5.97. The van der Waals surface area contributed by atoms with Crippen molar-refractivity contribution in [2.45, 2.75) is 39.7 Å². The molecule has 0 spiro atoms. The largest absolute Gasteiger partial charge is 0.496 e. The van der Waals surface area contributed by atoms with Gasteiger partial charge in [-0.15, -0.1) is 0 Å². The lowest BCUT2D eigenvalue weighted by Gasteiger charge is -2.17. The molecule has 17 heavy (non-hydrogen) atoms. The molecule has 1 N–H and O–H groups in total. The van der Waals surface area contributed by atoms with Crippen LogP contribution in [-0.4, -0.2) is 12.2 Å². The average Bonchev–Trinajstić information content (AvgIpc) is 2.28. The molecule has 0 aromatic heterocycles. The van der Waals surface area contributed by atoms with Crippen molar-refractivity contribution in [2.75, 3.05) is 7.11 Å². The Kier molecular flexibility index (Phi) is 5.47. The van der Waals surface area contributed by atoms with Gasteiger partial charge in [-0.2, -0.15) is 0 Å². The van der Waals surface area contributed by atoms with Gasteiger partial charge < -0.3 is 9.84 Å². The summed E-state index contributed by atoms with van der Waals surface area (Å²) in [4.78, 5) is 0. The standard InChI is InChI=1S/C14H21BrO2/c1-9(2)5-6-13(16)11-8-12(15)10(3)7-14(11)17-4/h7-9,13,16H,5-6H2,1-4H3. The number of rotatable bonds is 5. The van der Waals surface area contributed by atoms with E-state index in [4.69, 9.17) is 4.74 Å². The smallest absolute Gasteiger partial charge is 0.125 e. The number of hydrogen-bond donors (Lipinski definition) is 1. The minimum absolute atomic E-state index is 0.454. The number of aryl methyl sites for hydroxylation is 1. The summed E-state index contributed by atoms with van der Waals surface area (Å²) >= 11 is 3.49. The lowest BCUT2D eigenvalue weighted by Crippen LogP contribution is -2.03. The topological polar surface area (TPSA) is 29.5 Å². The second kappa shape index (κ2) is 6.41. The quantitative estimate of drug-likeness (QED) is 0.881. The van der Waals surface area contributed by atoms with Gasteiger partial charge in [-0.1, -0.05) is 29.8 Å². The van der Waals surface area contributed by atoms with Crippen molar-refractivity contribution in [1.82, 2.24) is 0 Å². The van der Waals surface area contributed by atoms with Crippen LogP contribution in [0.5, 0.6) is 5.75 Å². The van der Waals surface area contributed by atoms with E-state index >= 15 is 0 Å². The van der Waals surface area contributed by atoms with E-state index in [2.05, 4.69) is 29.8 Å². The minimum atomic E-state index is -0.454. The van der Waals surface area contributed by atoms with Crippen LogP contribution >= 0.6 is 15.9 Å². The molecule has 96 valence electrons. The Morgan fingerprint density at radius 3 is 2.47 bits per heavy atom. The van der Waals surface area contributed by atoms with E-state index in [1.807, 2.05) is 19.1 Å². The highest BCUT2D eigenvalue weighted by atomic mass is 79.9. The number of aliphatic hydroxyl groups excluding tert-OH is 1. The summed E-state index contributed by atoms with van der Waals surface area (Å²) in [7, 11) is 1.64. The summed E-state index contributed by atoms with van der Waals surface area (Å²) < 4.78 is 6.34. The molecule has 0 saturated carbocycles. The Hall–Kier alpha value is -0.540. The number of aliphatic hydroxyl groups is 1. The van der Waals surface area contributed by atoms with Crippen LogP contribution in [0.3, 0.4) is 0 Å². The van der Waals surface area contributed by atoms with Crippen molar-refractivity contribution < 1.29 is 9.84 Å². The summed E-state index contributed by atoms with van der Waals surface area (Å²) in [5.74, 6) is 1.37. The predicted molar refractivity (Wildman–Crippen MR) is 74.5 cm³/mol. The summed E-state index contributed by atoms with van der Waals surface area (Å²) in [5.41, 5.74) is 1.98. The van der Waals surface area contributed by atoms with Crippen molar-refractivity contribution in [1.29, 1.82) is 0 Å². The molecule has 0 aliphatic rings. The van der Waals surface area contributed by atoms with Gasteiger partial charge in [-0.3, -0.25) is 0 Å². The zero-order valence-corrected chi connectivity index (χ0v) is 12.5. The maximum Gasteiger partial charge on any atom is 0.125 e. The molecule has 1 aromatic rings. The van der Waals surface area contributed by atoms with Crippen LogP contribution in [0, 0.1) is 12.8 Å². The third-order valence-corrected chi connectivity index (χ3v) is 3.74. The van der Waals surface area contributed by atoms with Crippen LogP contribution in [0.4, 0.5) is 0 Å². The van der Waals surface area contributed by atoms with E-state index in [-0.39, 0.29) is 0 Å². The van der Waals surface area contributed by atoms with E-state index in [1.54, 1.807) is 7.11 Å². The van der Waals surface area contributed by atoms with Crippen LogP contribution in [-0.2, 0) is 0 Å². The molecule has 0 heterocycles. The van der Waals surface area contributed by atoms with E-state index in [9.17, 15) is 5.11 Å². The maximum atomic E-state index is 10.2. The maximum absolute atomic E-state index is 10.2. The van der Waals surface area contributed by atoms with Gasteiger partial charge in [0.25, 0.3) is 0 Å². The lowest BCUT2D eigenvalue weighted by molar-refractivity contribution is 0.155. The molecule has 1 rings (SSSR count). The third-order valence-electron chi connectivity index (χ3n) is 2.89. The van der Waals surface area contributed by atoms with Crippen molar-refractivity contribution in [3.8, 4) is 5.75 Å². The first kappa shape index (κ1) is 14.5. The number of hydrogen-bond acceptors (Lipinski definition) is 2. The second-order valence-corrected chi connectivity index (χ2v) is 5.68. The first-order chi connectivity index (χ1) is 7.95. The normalized spacial score (nSPS) is 12.9. The Bertz CT molecular complexity index is 375. The molecule has 3 heteroatoms. The van der Waals surface area contributed by atoms with Gasteiger partial charge in [0.05, 0.1) is 13.2 Å². The molecule has 0 radical (unpaired) electrons. The van der Waals surface area contributed by atoms with Crippen LogP contribution in [0.25, 0.3) is 0 Å². The molecule has 0 fully saturated rings. The predicted octanol–water partition coefficient (Wildman–Crippen LogP) is 4.24. The monoisotopic (exact) mass is 300 g/mol. The van der Waals surface area contributed by atoms with Crippen molar-refractivity contribution in [3.63, 3.8) is 0 Å². The Balaban J connectivity index is 2.91. The summed E-state index contributed by atoms with van der Waals surface area (Å²) in [6.07, 6.45) is 1.32. The Morgan fingerprint density at radius 1 is 1.29 bits per heavy atom. The van der Waals surface area contributed by atoms with Gasteiger partial charge in [0, 0.05) is 10.0 Å². The van der Waals surface area contributed by atoms with Crippen LogP contribution in [0.15, 0.2) is 16.6 Å². The summed E-state index contributed by atoms with van der Waals surface area (Å²) in [6.45, 7) is 6.33. The molecule has 2 nitrogen and oxygen atoms in total. The minimum Gasteiger partial charge on any atom is -0.496 e. The number of benzene rings is 1. The molecule has 0 saturated heterocycles. The molecule has 0 aliphatic heterocycles. The molecule has 0 aliphatic carbocycles. The fraction of sp³-hybridized carbons (Fsp3) is 0.571. The van der Waals surface area contributed by atoms with Gasteiger partial charge in [0.2, 0.25) is 0 Å². The number of methoxy groups -OCH3 is 1. The van der Waals surface area contributed by atoms with Gasteiger partial charge in [0.1, 0.15) is 5.75 Å². The molecule has 0 amide bonds.